The van der Waals surface area contributed by atoms with Gasteiger partial charge in [-0.15, -0.1) is 17.7 Å². The fourth-order valence-corrected chi connectivity index (χ4v) is 3.79. The Balaban J connectivity index is 2.33. The Bertz CT molecular complexity index is 805. The first-order valence-corrected chi connectivity index (χ1v) is 9.07. The van der Waals surface area contributed by atoms with E-state index in [0.717, 1.165) is 4.90 Å². The Labute approximate surface area is 158 Å². The van der Waals surface area contributed by atoms with Crippen LogP contribution in [0.5, 0.6) is 11.5 Å². The van der Waals surface area contributed by atoms with Gasteiger partial charge in [0.25, 0.3) is 0 Å². The highest BCUT2D eigenvalue weighted by molar-refractivity contribution is 8.01. The number of carboxylic acid groups (broad SMARTS) is 1. The molecular weight excluding hydrogens is 348 g/mol. The minimum absolute atomic E-state index is 0.332. The molecule has 0 aliphatic carbocycles. The molecular formula is C21H22O4S. The van der Waals surface area contributed by atoms with Gasteiger partial charge in [0.15, 0.2) is 0 Å². The number of thioether (sulfide) groups is 1. The number of benzene rings is 2. The third kappa shape index (κ3) is 4.33. The van der Waals surface area contributed by atoms with Gasteiger partial charge in [-0.1, -0.05) is 31.0 Å². The minimum atomic E-state index is -1.14. The average Bonchev–Trinajstić information content (AvgIpc) is 2.67. The van der Waals surface area contributed by atoms with Gasteiger partial charge in [0.05, 0.1) is 7.11 Å². The van der Waals surface area contributed by atoms with Gasteiger partial charge >= 0.3 is 5.97 Å². The second-order valence-electron chi connectivity index (χ2n) is 5.47. The van der Waals surface area contributed by atoms with Crippen LogP contribution in [0.15, 0.2) is 53.4 Å². The average molecular weight is 370 g/mol. The lowest BCUT2D eigenvalue weighted by Gasteiger charge is -2.29. The highest BCUT2D eigenvalue weighted by Crippen LogP contribution is 2.47. The van der Waals surface area contributed by atoms with Gasteiger partial charge < -0.3 is 14.6 Å². The summed E-state index contributed by atoms with van der Waals surface area (Å²) in [4.78, 5) is 13.1. The van der Waals surface area contributed by atoms with Crippen LogP contribution < -0.4 is 9.47 Å². The summed E-state index contributed by atoms with van der Waals surface area (Å²) in [5, 5.41) is 10.0. The van der Waals surface area contributed by atoms with E-state index in [9.17, 15) is 9.90 Å². The van der Waals surface area contributed by atoms with Gasteiger partial charge in [0.1, 0.15) is 22.9 Å². The Kier molecular flexibility index (Phi) is 6.99. The smallest absolute Gasteiger partial charge is 0.324 e. The fraction of sp³-hybridized carbons (Fsp3) is 0.286. The highest BCUT2D eigenvalue weighted by Gasteiger charge is 2.42. The molecule has 0 fully saturated rings. The fourth-order valence-electron chi connectivity index (χ4n) is 2.60. The summed E-state index contributed by atoms with van der Waals surface area (Å²) in [5.74, 6) is 5.99. The first-order chi connectivity index (χ1) is 12.6. The van der Waals surface area contributed by atoms with Crippen LogP contribution in [0, 0.1) is 11.8 Å². The molecule has 26 heavy (non-hydrogen) atoms. The molecule has 0 heterocycles. The van der Waals surface area contributed by atoms with Gasteiger partial charge in [-0.05, 0) is 43.7 Å². The van der Waals surface area contributed by atoms with Crippen LogP contribution >= 0.6 is 11.8 Å². The third-order valence-electron chi connectivity index (χ3n) is 3.99. The first-order valence-electron chi connectivity index (χ1n) is 8.25. The molecule has 0 bridgehead atoms. The van der Waals surface area contributed by atoms with Crippen molar-refractivity contribution in [3.05, 3.63) is 54.1 Å². The van der Waals surface area contributed by atoms with Gasteiger partial charge in [0.2, 0.25) is 0 Å². The largest absolute Gasteiger partial charge is 0.496 e. The number of hydrogen-bond donors (Lipinski definition) is 1. The van der Waals surface area contributed by atoms with E-state index in [0.29, 0.717) is 30.1 Å². The predicted molar refractivity (Wildman–Crippen MR) is 104 cm³/mol. The molecule has 2 rings (SSSR count). The molecule has 0 amide bonds. The van der Waals surface area contributed by atoms with E-state index in [-0.39, 0.29) is 0 Å². The van der Waals surface area contributed by atoms with Crippen LogP contribution in [-0.4, -0.2) is 24.8 Å². The van der Waals surface area contributed by atoms with E-state index in [1.54, 1.807) is 20.1 Å². The van der Waals surface area contributed by atoms with Crippen molar-refractivity contribution in [2.75, 3.05) is 13.7 Å². The van der Waals surface area contributed by atoms with Crippen molar-refractivity contribution in [2.45, 2.75) is 29.9 Å². The maximum absolute atomic E-state index is 12.3. The maximum atomic E-state index is 12.3. The molecule has 5 heteroatoms. The summed E-state index contributed by atoms with van der Waals surface area (Å²) in [5.41, 5.74) is 0.654. The first kappa shape index (κ1) is 19.7. The molecule has 0 saturated heterocycles. The zero-order chi connectivity index (χ0) is 19.0. The molecule has 2 aromatic rings. The Morgan fingerprint density at radius 3 is 2.46 bits per heavy atom. The van der Waals surface area contributed by atoms with E-state index < -0.39 is 10.7 Å². The Morgan fingerprint density at radius 1 is 1.19 bits per heavy atom. The van der Waals surface area contributed by atoms with Gasteiger partial charge in [-0.2, -0.15) is 0 Å². The van der Waals surface area contributed by atoms with Crippen LogP contribution in [0.3, 0.4) is 0 Å². The predicted octanol–water partition coefficient (Wildman–Crippen LogP) is 4.58. The number of rotatable bonds is 8. The monoisotopic (exact) mass is 370 g/mol. The number of ether oxygens (including phenoxy) is 2. The normalized spacial score (nSPS) is 12.4. The van der Waals surface area contributed by atoms with Crippen molar-refractivity contribution in [3.8, 4) is 23.3 Å². The van der Waals surface area contributed by atoms with E-state index in [2.05, 4.69) is 11.8 Å². The lowest BCUT2D eigenvalue weighted by atomic mass is 9.94. The lowest BCUT2D eigenvalue weighted by molar-refractivity contribution is -0.140. The summed E-state index contributed by atoms with van der Waals surface area (Å²) in [6.45, 7) is 3.96. The SMILES string of the molecule is CC#CCOc1ccc(SC(CC)(C(=O)O)c2ccccc2OC)cc1. The van der Waals surface area contributed by atoms with Crippen molar-refractivity contribution in [1.29, 1.82) is 0 Å². The second kappa shape index (κ2) is 9.21. The van der Waals surface area contributed by atoms with Crippen LogP contribution in [0.1, 0.15) is 25.8 Å². The summed E-state index contributed by atoms with van der Waals surface area (Å²) in [6.07, 6.45) is 0.414. The molecule has 0 spiro atoms. The number of aliphatic carboxylic acids is 1. The van der Waals surface area contributed by atoms with E-state index in [1.807, 2.05) is 49.4 Å². The number of methoxy groups -OCH3 is 1. The molecule has 4 nitrogen and oxygen atoms in total. The minimum Gasteiger partial charge on any atom is -0.496 e. The molecule has 0 aliphatic rings. The van der Waals surface area contributed by atoms with Crippen molar-refractivity contribution in [1.82, 2.24) is 0 Å². The van der Waals surface area contributed by atoms with Crippen molar-refractivity contribution >= 4 is 17.7 Å². The third-order valence-corrected chi connectivity index (χ3v) is 5.53. The molecule has 2 aromatic carbocycles. The van der Waals surface area contributed by atoms with E-state index in [4.69, 9.17) is 9.47 Å². The standard InChI is InChI=1S/C21H22O4S/c1-4-6-15-25-16-11-13-17(14-12-16)26-21(5-2,20(22)23)18-9-7-8-10-19(18)24-3/h7-14H,5,15H2,1-3H3,(H,22,23). The van der Waals surface area contributed by atoms with Gasteiger partial charge in [-0.25, -0.2) is 0 Å². The quantitative estimate of drug-likeness (QED) is 0.544. The summed E-state index contributed by atoms with van der Waals surface area (Å²) in [7, 11) is 1.55. The van der Waals surface area contributed by atoms with E-state index >= 15 is 0 Å². The van der Waals surface area contributed by atoms with Crippen molar-refractivity contribution in [3.63, 3.8) is 0 Å². The molecule has 136 valence electrons. The Hall–Kier alpha value is -2.58. The Morgan fingerprint density at radius 2 is 1.88 bits per heavy atom. The van der Waals surface area contributed by atoms with Crippen molar-refractivity contribution in [2.24, 2.45) is 0 Å². The molecule has 1 unspecified atom stereocenters. The highest BCUT2D eigenvalue weighted by atomic mass is 32.2. The molecule has 1 atom stereocenters. The summed E-state index contributed by atoms with van der Waals surface area (Å²) < 4.78 is 9.78. The zero-order valence-electron chi connectivity index (χ0n) is 15.1. The van der Waals surface area contributed by atoms with Gasteiger partial charge in [0, 0.05) is 10.5 Å². The van der Waals surface area contributed by atoms with Crippen molar-refractivity contribution < 1.29 is 19.4 Å². The zero-order valence-corrected chi connectivity index (χ0v) is 15.9. The summed E-state index contributed by atoms with van der Waals surface area (Å²) >= 11 is 1.30. The molecule has 0 saturated carbocycles. The van der Waals surface area contributed by atoms with Gasteiger partial charge in [-0.3, -0.25) is 4.79 Å². The summed E-state index contributed by atoms with van der Waals surface area (Å²) in [6, 6.07) is 14.6. The lowest BCUT2D eigenvalue weighted by Crippen LogP contribution is -2.32. The molecule has 0 aliphatic heterocycles. The van der Waals surface area contributed by atoms with E-state index in [1.165, 1.54) is 11.8 Å². The van der Waals surface area contributed by atoms with Crippen LogP contribution in [0.4, 0.5) is 0 Å². The molecule has 0 radical (unpaired) electrons. The topological polar surface area (TPSA) is 55.8 Å². The number of carbonyl (C=O) groups is 1. The second-order valence-corrected chi connectivity index (χ2v) is 6.85. The number of para-hydroxylation sites is 1. The maximum Gasteiger partial charge on any atom is 0.324 e. The number of carboxylic acids is 1. The van der Waals surface area contributed by atoms with Crippen LogP contribution in [-0.2, 0) is 9.54 Å². The number of hydrogen-bond acceptors (Lipinski definition) is 4. The van der Waals surface area contributed by atoms with Crippen LogP contribution in [0.25, 0.3) is 0 Å². The molecule has 0 aromatic heterocycles. The molecule has 1 N–H and O–H groups in total. The van der Waals surface area contributed by atoms with Crippen LogP contribution in [0.2, 0.25) is 0 Å².